The van der Waals surface area contributed by atoms with E-state index in [1.165, 1.54) is 141 Å². The fourth-order valence-electron chi connectivity index (χ4n) is 6.80. The lowest BCUT2D eigenvalue weighted by atomic mass is 10.0. The number of carbonyl (C=O) groups excluding carboxylic acids is 1. The van der Waals surface area contributed by atoms with Gasteiger partial charge in [-0.05, 0) is 38.5 Å². The van der Waals surface area contributed by atoms with Crippen molar-refractivity contribution in [3.63, 3.8) is 0 Å². The van der Waals surface area contributed by atoms with Crippen LogP contribution in [0, 0.1) is 0 Å². The molecule has 3 unspecified atom stereocenters. The summed E-state index contributed by atoms with van der Waals surface area (Å²) in [4.78, 5) is 25.1. The number of quaternary nitrogens is 1. The predicted molar refractivity (Wildman–Crippen MR) is 229 cm³/mol. The highest BCUT2D eigenvalue weighted by atomic mass is 31.2. The Kier molecular flexibility index (Phi) is 37.3. The number of phosphoric ester groups is 1. The first kappa shape index (κ1) is 53.2. The average molecular weight is 787 g/mol. The van der Waals surface area contributed by atoms with Gasteiger partial charge in [-0.2, -0.15) is 0 Å². The summed E-state index contributed by atoms with van der Waals surface area (Å²) >= 11 is 0. The van der Waals surface area contributed by atoms with Gasteiger partial charge in [0.2, 0.25) is 5.91 Å². The molecular formula is C45H91N2O6P. The number of aliphatic hydroxyl groups is 1. The van der Waals surface area contributed by atoms with Crippen LogP contribution >= 0.6 is 7.82 Å². The molecule has 322 valence electrons. The fraction of sp³-hybridized carbons (Fsp3) is 0.933. The van der Waals surface area contributed by atoms with Gasteiger partial charge in [-0.3, -0.25) is 9.36 Å². The average Bonchev–Trinajstić information content (AvgIpc) is 3.12. The number of nitrogens with one attached hydrogen (secondary N) is 1. The van der Waals surface area contributed by atoms with Crippen LogP contribution in [0.3, 0.4) is 0 Å². The van der Waals surface area contributed by atoms with E-state index in [-0.39, 0.29) is 19.1 Å². The molecule has 0 saturated carbocycles. The van der Waals surface area contributed by atoms with Crippen molar-refractivity contribution in [3.8, 4) is 0 Å². The molecule has 0 aliphatic heterocycles. The molecule has 9 heteroatoms. The molecular weight excluding hydrogens is 695 g/mol. The highest BCUT2D eigenvalue weighted by Gasteiger charge is 2.24. The molecule has 0 saturated heterocycles. The summed E-state index contributed by atoms with van der Waals surface area (Å²) in [6, 6.07) is -0.792. The van der Waals surface area contributed by atoms with Crippen LogP contribution in [0.15, 0.2) is 12.2 Å². The van der Waals surface area contributed by atoms with Crippen molar-refractivity contribution >= 4 is 13.7 Å². The summed E-state index contributed by atoms with van der Waals surface area (Å²) in [6.07, 6.45) is 42.8. The second-order valence-electron chi connectivity index (χ2n) is 17.1. The van der Waals surface area contributed by atoms with Gasteiger partial charge in [0.25, 0.3) is 7.82 Å². The van der Waals surface area contributed by atoms with Crippen molar-refractivity contribution in [2.24, 2.45) is 0 Å². The first-order chi connectivity index (χ1) is 26.0. The van der Waals surface area contributed by atoms with Crippen molar-refractivity contribution < 1.29 is 32.9 Å². The van der Waals surface area contributed by atoms with E-state index in [0.717, 1.165) is 51.4 Å². The maximum Gasteiger partial charge on any atom is 0.268 e. The number of likely N-dealkylation sites (N-methyl/N-ethyl adjacent to an activating group) is 1. The highest BCUT2D eigenvalue weighted by molar-refractivity contribution is 7.45. The third-order valence-corrected chi connectivity index (χ3v) is 11.5. The monoisotopic (exact) mass is 787 g/mol. The van der Waals surface area contributed by atoms with Gasteiger partial charge < -0.3 is 28.8 Å². The minimum absolute atomic E-state index is 0.0134. The maximum atomic E-state index is 12.8. The highest BCUT2D eigenvalue weighted by Crippen LogP contribution is 2.38. The number of allylic oxidation sites excluding steroid dienone is 2. The SMILES string of the molecule is CCCCCCCCCC/C=C\CCCCCCCCCCCCCCCCCC(=O)NC(COP(=O)([O-])OCC[N+](C)(C)C)C(O)CCCCCCC. The van der Waals surface area contributed by atoms with E-state index in [0.29, 0.717) is 23.9 Å². The summed E-state index contributed by atoms with van der Waals surface area (Å²) < 4.78 is 23.1. The molecule has 0 aromatic carbocycles. The summed E-state index contributed by atoms with van der Waals surface area (Å²) in [5, 5.41) is 13.7. The predicted octanol–water partition coefficient (Wildman–Crippen LogP) is 12.1. The lowest BCUT2D eigenvalue weighted by Crippen LogP contribution is -2.46. The van der Waals surface area contributed by atoms with Crippen molar-refractivity contribution in [2.75, 3.05) is 40.9 Å². The largest absolute Gasteiger partial charge is 0.756 e. The first-order valence-corrected chi connectivity index (χ1v) is 24.5. The van der Waals surface area contributed by atoms with Crippen LogP contribution in [0.1, 0.15) is 219 Å². The van der Waals surface area contributed by atoms with E-state index in [1.807, 2.05) is 21.1 Å². The quantitative estimate of drug-likeness (QED) is 0.0276. The van der Waals surface area contributed by atoms with Crippen LogP contribution < -0.4 is 10.2 Å². The third-order valence-electron chi connectivity index (χ3n) is 10.5. The lowest BCUT2D eigenvalue weighted by molar-refractivity contribution is -0.870. The van der Waals surface area contributed by atoms with Crippen LogP contribution in [0.2, 0.25) is 0 Å². The fourth-order valence-corrected chi connectivity index (χ4v) is 7.52. The Morgan fingerprint density at radius 2 is 1.02 bits per heavy atom. The van der Waals surface area contributed by atoms with Crippen molar-refractivity contribution in [1.82, 2.24) is 5.32 Å². The van der Waals surface area contributed by atoms with Crippen LogP contribution in [-0.2, 0) is 18.4 Å². The van der Waals surface area contributed by atoms with Crippen molar-refractivity contribution in [1.29, 1.82) is 0 Å². The Balaban J connectivity index is 3.89. The lowest BCUT2D eigenvalue weighted by Gasteiger charge is -2.30. The summed E-state index contributed by atoms with van der Waals surface area (Å²) in [7, 11) is 1.31. The normalized spacial score (nSPS) is 14.4. The Labute approximate surface area is 335 Å². The van der Waals surface area contributed by atoms with Crippen molar-refractivity contribution in [2.45, 2.75) is 231 Å². The van der Waals surface area contributed by atoms with Gasteiger partial charge in [0.05, 0.1) is 39.9 Å². The molecule has 8 nitrogen and oxygen atoms in total. The third kappa shape index (κ3) is 39.5. The number of aliphatic hydroxyl groups excluding tert-OH is 1. The molecule has 3 atom stereocenters. The van der Waals surface area contributed by atoms with Gasteiger partial charge >= 0.3 is 0 Å². The van der Waals surface area contributed by atoms with E-state index in [4.69, 9.17) is 9.05 Å². The number of carbonyl (C=O) groups is 1. The maximum absolute atomic E-state index is 12.8. The Hall–Kier alpha value is -0.760. The number of unbranched alkanes of at least 4 members (excludes halogenated alkanes) is 27. The molecule has 2 N–H and O–H groups in total. The zero-order valence-corrected chi connectivity index (χ0v) is 37.3. The Morgan fingerprint density at radius 3 is 1.44 bits per heavy atom. The number of nitrogens with zero attached hydrogens (tertiary/aromatic N) is 1. The standard InChI is InChI=1S/C45H91N2O6P/c1-6-8-10-12-13-14-15-16-17-18-19-20-21-22-23-24-25-26-27-28-29-30-31-32-33-35-37-39-45(49)46-43(44(48)38-36-34-11-9-7-2)42-53-54(50,51)52-41-40-47(3,4)5/h18-19,43-44,48H,6-17,20-42H2,1-5H3,(H-,46,49,50,51)/b19-18-. The van der Waals surface area contributed by atoms with Crippen LogP contribution in [0.25, 0.3) is 0 Å². The van der Waals surface area contributed by atoms with E-state index in [9.17, 15) is 19.4 Å². The minimum atomic E-state index is -4.54. The zero-order chi connectivity index (χ0) is 40.0. The Bertz CT molecular complexity index is 896. The molecule has 0 spiro atoms. The van der Waals surface area contributed by atoms with Crippen molar-refractivity contribution in [3.05, 3.63) is 12.2 Å². The molecule has 0 heterocycles. The van der Waals surface area contributed by atoms with E-state index < -0.39 is 20.0 Å². The van der Waals surface area contributed by atoms with Crippen LogP contribution in [0.4, 0.5) is 0 Å². The van der Waals surface area contributed by atoms with Crippen LogP contribution in [0.5, 0.6) is 0 Å². The second kappa shape index (κ2) is 37.8. The molecule has 1 amide bonds. The second-order valence-corrected chi connectivity index (χ2v) is 18.5. The molecule has 0 fully saturated rings. The minimum Gasteiger partial charge on any atom is -0.756 e. The number of amides is 1. The summed E-state index contributed by atoms with van der Waals surface area (Å²) in [6.45, 7) is 4.64. The van der Waals surface area contributed by atoms with E-state index in [2.05, 4.69) is 31.3 Å². The smallest absolute Gasteiger partial charge is 0.268 e. The van der Waals surface area contributed by atoms with E-state index >= 15 is 0 Å². The number of hydrogen-bond acceptors (Lipinski definition) is 6. The first-order valence-electron chi connectivity index (χ1n) is 23.0. The molecule has 54 heavy (non-hydrogen) atoms. The van der Waals surface area contributed by atoms with Crippen LogP contribution in [-0.4, -0.2) is 68.5 Å². The summed E-state index contributed by atoms with van der Waals surface area (Å²) in [5.41, 5.74) is 0. The molecule has 0 bridgehead atoms. The zero-order valence-electron chi connectivity index (χ0n) is 36.4. The molecule has 0 radical (unpaired) electrons. The number of phosphoric acid groups is 1. The summed E-state index contributed by atoms with van der Waals surface area (Å²) in [5.74, 6) is -0.169. The van der Waals surface area contributed by atoms with Gasteiger partial charge in [0.1, 0.15) is 13.2 Å². The number of hydrogen-bond donors (Lipinski definition) is 2. The molecule has 0 aromatic rings. The molecule has 0 aliphatic carbocycles. The van der Waals surface area contributed by atoms with Gasteiger partial charge in [-0.25, -0.2) is 0 Å². The molecule has 0 rings (SSSR count). The van der Waals surface area contributed by atoms with Gasteiger partial charge in [0.15, 0.2) is 0 Å². The van der Waals surface area contributed by atoms with Gasteiger partial charge in [-0.15, -0.1) is 0 Å². The Morgan fingerprint density at radius 1 is 0.630 bits per heavy atom. The van der Waals surface area contributed by atoms with E-state index in [1.54, 1.807) is 0 Å². The molecule has 0 aromatic heterocycles. The number of rotatable bonds is 42. The van der Waals surface area contributed by atoms with Gasteiger partial charge in [-0.1, -0.05) is 187 Å². The topological polar surface area (TPSA) is 108 Å². The van der Waals surface area contributed by atoms with Gasteiger partial charge in [0, 0.05) is 6.42 Å². The molecule has 0 aliphatic rings.